The van der Waals surface area contributed by atoms with Crippen LogP contribution in [0.4, 0.5) is 11.6 Å². The summed E-state index contributed by atoms with van der Waals surface area (Å²) < 4.78 is 16.3. The van der Waals surface area contributed by atoms with Crippen molar-refractivity contribution >= 4 is 34.0 Å². The summed E-state index contributed by atoms with van der Waals surface area (Å²) in [6.45, 7) is 7.93. The Balaban J connectivity index is 1.46. The number of nitrogens with two attached hydrogens (primary N) is 1. The number of nitrogen functional groups attached to an aromatic ring is 1. The van der Waals surface area contributed by atoms with Crippen LogP contribution < -0.4 is 20.5 Å². The zero-order valence-corrected chi connectivity index (χ0v) is 20.6. The summed E-state index contributed by atoms with van der Waals surface area (Å²) in [4.78, 5) is 11.9. The van der Waals surface area contributed by atoms with Crippen LogP contribution in [-0.4, -0.2) is 67.5 Å². The number of rotatable bonds is 6. The summed E-state index contributed by atoms with van der Waals surface area (Å²) in [6.07, 6.45) is 1.83. The molecule has 180 valence electrons. The van der Waals surface area contributed by atoms with Crippen molar-refractivity contribution < 1.29 is 14.2 Å². The van der Waals surface area contributed by atoms with Crippen molar-refractivity contribution in [3.63, 3.8) is 0 Å². The van der Waals surface area contributed by atoms with E-state index in [1.54, 1.807) is 20.3 Å². The second-order valence-corrected chi connectivity index (χ2v) is 9.53. The van der Waals surface area contributed by atoms with E-state index in [0.29, 0.717) is 46.0 Å². The smallest absolute Gasteiger partial charge is 0.141 e. The van der Waals surface area contributed by atoms with Gasteiger partial charge in [0.25, 0.3) is 0 Å². The molecule has 2 aliphatic heterocycles. The fourth-order valence-corrected chi connectivity index (χ4v) is 5.23. The number of fused-ring (bicyclic) bond motifs is 1. The Hall–Kier alpha value is -2.81. The predicted molar refractivity (Wildman–Crippen MR) is 135 cm³/mol. The zero-order chi connectivity index (χ0) is 24.0. The standard InChI is InChI=1S/C25H30ClN5O3/c1-13-9-31(16-11-34-12-16)10-19(13)29-22-6-17-15(8-28-22)5-18(30-25(17)27)23-14(2)20(32-3)7-21(33-4)24(23)26/h5-8,13,16,19H,9-12H2,1-4H3,(H2,27,30)(H,28,29)/t13-,19+/m0/s1. The summed E-state index contributed by atoms with van der Waals surface area (Å²) in [5.74, 6) is 2.93. The number of ether oxygens (including phenoxy) is 3. The van der Waals surface area contributed by atoms with Crippen LogP contribution in [0.25, 0.3) is 22.0 Å². The molecule has 5 rings (SSSR count). The molecule has 8 nitrogen and oxygen atoms in total. The lowest BCUT2D eigenvalue weighted by Gasteiger charge is -2.34. The molecule has 2 atom stereocenters. The lowest BCUT2D eigenvalue weighted by Crippen LogP contribution is -2.48. The van der Waals surface area contributed by atoms with Crippen molar-refractivity contribution in [2.75, 3.05) is 51.6 Å². The van der Waals surface area contributed by atoms with Crippen LogP contribution in [0.3, 0.4) is 0 Å². The van der Waals surface area contributed by atoms with E-state index in [9.17, 15) is 0 Å². The molecule has 0 unspecified atom stereocenters. The maximum Gasteiger partial charge on any atom is 0.141 e. The van der Waals surface area contributed by atoms with E-state index in [1.807, 2.05) is 25.3 Å². The molecule has 2 saturated heterocycles. The molecule has 3 N–H and O–H groups in total. The highest BCUT2D eigenvalue weighted by molar-refractivity contribution is 6.35. The number of benzene rings is 1. The third kappa shape index (κ3) is 4.00. The number of halogens is 1. The van der Waals surface area contributed by atoms with E-state index in [-0.39, 0.29) is 0 Å². The lowest BCUT2D eigenvalue weighted by atomic mass is 10.0. The summed E-state index contributed by atoms with van der Waals surface area (Å²) in [5.41, 5.74) is 8.67. The van der Waals surface area contributed by atoms with E-state index in [2.05, 4.69) is 22.1 Å². The Labute approximate surface area is 204 Å². The maximum atomic E-state index is 6.67. The topological polar surface area (TPSA) is 94.8 Å². The van der Waals surface area contributed by atoms with Gasteiger partial charge in [0.1, 0.15) is 23.1 Å². The van der Waals surface area contributed by atoms with Gasteiger partial charge in [0.2, 0.25) is 0 Å². The van der Waals surface area contributed by atoms with Crippen molar-refractivity contribution in [3.8, 4) is 22.8 Å². The molecule has 3 aromatic rings. The zero-order valence-electron chi connectivity index (χ0n) is 19.9. The van der Waals surface area contributed by atoms with E-state index < -0.39 is 0 Å². The molecule has 0 amide bonds. The van der Waals surface area contributed by atoms with Gasteiger partial charge in [0.05, 0.1) is 44.2 Å². The third-order valence-corrected chi connectivity index (χ3v) is 7.37. The van der Waals surface area contributed by atoms with Crippen LogP contribution in [0.1, 0.15) is 12.5 Å². The van der Waals surface area contributed by atoms with Gasteiger partial charge >= 0.3 is 0 Å². The fraction of sp³-hybridized carbons (Fsp3) is 0.440. The first-order valence-corrected chi connectivity index (χ1v) is 11.8. The highest BCUT2D eigenvalue weighted by Gasteiger charge is 2.36. The van der Waals surface area contributed by atoms with Gasteiger partial charge in [-0.2, -0.15) is 0 Å². The van der Waals surface area contributed by atoms with Crippen LogP contribution in [0.2, 0.25) is 5.02 Å². The van der Waals surface area contributed by atoms with Crippen molar-refractivity contribution in [3.05, 3.63) is 35.0 Å². The van der Waals surface area contributed by atoms with Crippen molar-refractivity contribution in [1.29, 1.82) is 0 Å². The molecule has 2 aromatic heterocycles. The summed E-state index contributed by atoms with van der Waals surface area (Å²) in [6, 6.07) is 6.57. The molecule has 2 fully saturated rings. The first-order valence-electron chi connectivity index (χ1n) is 11.5. The highest BCUT2D eigenvalue weighted by atomic mass is 35.5. The number of hydrogen-bond acceptors (Lipinski definition) is 8. The average Bonchev–Trinajstić information content (AvgIpc) is 3.12. The SMILES string of the molecule is COc1cc(OC)c(Cl)c(-c2cc3cnc(N[C@@H]4CN(C5COC5)C[C@@H]4C)cc3c(N)n2)c1C. The summed E-state index contributed by atoms with van der Waals surface area (Å²) >= 11 is 6.67. The van der Waals surface area contributed by atoms with Gasteiger partial charge in [0.15, 0.2) is 0 Å². The molecule has 4 heterocycles. The van der Waals surface area contributed by atoms with Crippen LogP contribution >= 0.6 is 11.6 Å². The Morgan fingerprint density at radius 1 is 1.15 bits per heavy atom. The van der Waals surface area contributed by atoms with Crippen molar-refractivity contribution in [2.24, 2.45) is 5.92 Å². The maximum absolute atomic E-state index is 6.67. The molecule has 0 spiro atoms. The highest BCUT2D eigenvalue weighted by Crippen LogP contribution is 2.43. The summed E-state index contributed by atoms with van der Waals surface area (Å²) in [7, 11) is 3.19. The van der Waals surface area contributed by atoms with Gasteiger partial charge in [-0.25, -0.2) is 9.97 Å². The molecular weight excluding hydrogens is 454 g/mol. The predicted octanol–water partition coefficient (Wildman–Crippen LogP) is 3.99. The van der Waals surface area contributed by atoms with E-state index in [0.717, 1.165) is 54.0 Å². The minimum Gasteiger partial charge on any atom is -0.496 e. The second-order valence-electron chi connectivity index (χ2n) is 9.15. The summed E-state index contributed by atoms with van der Waals surface area (Å²) in [5, 5.41) is 5.81. The third-order valence-electron chi connectivity index (χ3n) is 6.99. The number of nitrogens with zero attached hydrogens (tertiary/aromatic N) is 3. The largest absolute Gasteiger partial charge is 0.496 e. The van der Waals surface area contributed by atoms with Crippen molar-refractivity contribution in [2.45, 2.75) is 25.9 Å². The van der Waals surface area contributed by atoms with Gasteiger partial charge in [-0.3, -0.25) is 4.90 Å². The van der Waals surface area contributed by atoms with Crippen LogP contribution in [-0.2, 0) is 4.74 Å². The molecule has 1 aromatic carbocycles. The quantitative estimate of drug-likeness (QED) is 0.543. The van der Waals surface area contributed by atoms with Gasteiger partial charge < -0.3 is 25.3 Å². The second kappa shape index (κ2) is 9.09. The molecular formula is C25H30ClN5O3. The normalized spacial score (nSPS) is 21.0. The van der Waals surface area contributed by atoms with Crippen LogP contribution in [0.15, 0.2) is 24.4 Å². The number of nitrogens with one attached hydrogen (secondary N) is 1. The van der Waals surface area contributed by atoms with E-state index in [1.165, 1.54) is 0 Å². The van der Waals surface area contributed by atoms with Crippen molar-refractivity contribution in [1.82, 2.24) is 14.9 Å². The Kier molecular flexibility index (Phi) is 6.14. The number of anilines is 2. The number of aromatic nitrogens is 2. The van der Waals surface area contributed by atoms with Gasteiger partial charge in [-0.15, -0.1) is 0 Å². The molecule has 0 saturated carbocycles. The molecule has 0 bridgehead atoms. The van der Waals surface area contributed by atoms with Gasteiger partial charge in [-0.05, 0) is 25.0 Å². The van der Waals surface area contributed by atoms with E-state index in [4.69, 9.17) is 36.5 Å². The van der Waals surface area contributed by atoms with E-state index >= 15 is 0 Å². The lowest BCUT2D eigenvalue weighted by molar-refractivity contribution is -0.0580. The Morgan fingerprint density at radius 2 is 1.91 bits per heavy atom. The number of hydrogen-bond donors (Lipinski definition) is 2. The molecule has 9 heteroatoms. The fourth-order valence-electron chi connectivity index (χ4n) is 4.86. The molecule has 0 radical (unpaired) electrons. The first kappa shape index (κ1) is 23.0. The monoisotopic (exact) mass is 483 g/mol. The van der Waals surface area contributed by atoms with Crippen LogP contribution in [0, 0.1) is 12.8 Å². The van der Waals surface area contributed by atoms with Gasteiger partial charge in [-0.1, -0.05) is 18.5 Å². The average molecular weight is 484 g/mol. The molecule has 34 heavy (non-hydrogen) atoms. The number of methoxy groups -OCH3 is 2. The van der Waals surface area contributed by atoms with Gasteiger partial charge in [0, 0.05) is 53.3 Å². The minimum atomic E-state index is 0.324. The minimum absolute atomic E-state index is 0.324. The number of likely N-dealkylation sites (tertiary alicyclic amines) is 1. The first-order chi connectivity index (χ1) is 16.4. The number of pyridine rings is 2. The molecule has 0 aliphatic carbocycles. The Bertz CT molecular complexity index is 1200. The Morgan fingerprint density at radius 3 is 2.59 bits per heavy atom. The van der Waals surface area contributed by atoms with Crippen LogP contribution in [0.5, 0.6) is 11.5 Å². The molecule has 2 aliphatic rings.